The number of carbonyl (C=O) groups is 1. The van der Waals surface area contributed by atoms with Crippen LogP contribution in [0.1, 0.15) is 37.7 Å². The number of carbonyl (C=O) groups excluding carboxylic acids is 1. The number of likely N-dealkylation sites (tertiary alicyclic amines) is 1. The first-order chi connectivity index (χ1) is 10.8. The van der Waals surface area contributed by atoms with E-state index in [-0.39, 0.29) is 0 Å². The minimum atomic E-state index is 0.339. The zero-order valence-electron chi connectivity index (χ0n) is 13.1. The zero-order valence-corrected chi connectivity index (χ0v) is 13.1. The van der Waals surface area contributed by atoms with Gasteiger partial charge in [0.2, 0.25) is 5.91 Å². The molecule has 2 aliphatic rings. The summed E-state index contributed by atoms with van der Waals surface area (Å²) >= 11 is 0. The molecule has 2 fully saturated rings. The van der Waals surface area contributed by atoms with Crippen molar-refractivity contribution in [2.75, 3.05) is 20.2 Å². The Morgan fingerprint density at radius 3 is 2.73 bits per heavy atom. The molecule has 1 N–H and O–H groups in total. The molecular formula is C16H24N4O2. The van der Waals surface area contributed by atoms with Crippen molar-refractivity contribution in [1.29, 1.82) is 0 Å². The summed E-state index contributed by atoms with van der Waals surface area (Å²) in [7, 11) is 1.56. The van der Waals surface area contributed by atoms with E-state index in [0.29, 0.717) is 30.3 Å². The molecule has 0 aromatic carbocycles. The SMILES string of the molecule is COc1ncc(CNCC2CC(=O)N(C3CCCC3)C2)cn1. The third kappa shape index (κ3) is 3.55. The van der Waals surface area contributed by atoms with Crippen LogP contribution >= 0.6 is 0 Å². The van der Waals surface area contributed by atoms with E-state index in [1.165, 1.54) is 25.7 Å². The van der Waals surface area contributed by atoms with Crippen LogP contribution in [-0.2, 0) is 11.3 Å². The minimum absolute atomic E-state index is 0.339. The fourth-order valence-corrected chi connectivity index (χ4v) is 3.47. The smallest absolute Gasteiger partial charge is 0.316 e. The lowest BCUT2D eigenvalue weighted by Crippen LogP contribution is -2.35. The normalized spacial score (nSPS) is 22.5. The molecule has 2 heterocycles. The maximum absolute atomic E-state index is 12.1. The average Bonchev–Trinajstić information content (AvgIpc) is 3.17. The number of hydrogen-bond donors (Lipinski definition) is 1. The summed E-state index contributed by atoms with van der Waals surface area (Å²) in [6.45, 7) is 2.49. The zero-order chi connectivity index (χ0) is 15.4. The predicted octanol–water partition coefficient (Wildman–Crippen LogP) is 1.37. The highest BCUT2D eigenvalue weighted by Gasteiger charge is 2.34. The number of rotatable bonds is 6. The first-order valence-electron chi connectivity index (χ1n) is 8.11. The van der Waals surface area contributed by atoms with Crippen LogP contribution in [-0.4, -0.2) is 47.0 Å². The van der Waals surface area contributed by atoms with Crippen molar-refractivity contribution >= 4 is 5.91 Å². The third-order valence-corrected chi connectivity index (χ3v) is 4.63. The second-order valence-corrected chi connectivity index (χ2v) is 6.26. The van der Waals surface area contributed by atoms with Crippen LogP contribution in [0.15, 0.2) is 12.4 Å². The lowest BCUT2D eigenvalue weighted by atomic mass is 10.1. The molecule has 1 saturated carbocycles. The van der Waals surface area contributed by atoms with Gasteiger partial charge in [-0.3, -0.25) is 4.79 Å². The monoisotopic (exact) mass is 304 g/mol. The van der Waals surface area contributed by atoms with Crippen molar-refractivity contribution in [3.8, 4) is 6.01 Å². The van der Waals surface area contributed by atoms with E-state index in [4.69, 9.17) is 4.74 Å². The number of ether oxygens (including phenoxy) is 1. The Hall–Kier alpha value is -1.69. The molecule has 1 aliphatic heterocycles. The molecule has 1 aliphatic carbocycles. The molecule has 22 heavy (non-hydrogen) atoms. The number of amides is 1. The van der Waals surface area contributed by atoms with Crippen LogP contribution < -0.4 is 10.1 Å². The fraction of sp³-hybridized carbons (Fsp3) is 0.688. The van der Waals surface area contributed by atoms with E-state index in [2.05, 4.69) is 20.2 Å². The van der Waals surface area contributed by atoms with Gasteiger partial charge < -0.3 is 15.0 Å². The van der Waals surface area contributed by atoms with Gasteiger partial charge in [-0.15, -0.1) is 0 Å². The third-order valence-electron chi connectivity index (χ3n) is 4.63. The molecule has 0 radical (unpaired) electrons. The molecule has 1 unspecified atom stereocenters. The fourth-order valence-electron chi connectivity index (χ4n) is 3.47. The van der Waals surface area contributed by atoms with Crippen molar-refractivity contribution in [1.82, 2.24) is 20.2 Å². The standard InChI is InChI=1S/C16H24N4O2/c1-22-16-18-9-13(10-19-16)8-17-7-12-6-15(21)20(11-12)14-4-2-3-5-14/h9-10,12,14,17H,2-8,11H2,1H3. The van der Waals surface area contributed by atoms with E-state index in [1.54, 1.807) is 19.5 Å². The van der Waals surface area contributed by atoms with E-state index in [0.717, 1.165) is 25.2 Å². The summed E-state index contributed by atoms with van der Waals surface area (Å²) in [6, 6.07) is 0.893. The molecule has 1 aromatic heterocycles. The van der Waals surface area contributed by atoms with Crippen molar-refractivity contribution in [3.05, 3.63) is 18.0 Å². The molecule has 0 bridgehead atoms. The van der Waals surface area contributed by atoms with Gasteiger partial charge in [0, 0.05) is 50.1 Å². The second-order valence-electron chi connectivity index (χ2n) is 6.26. The lowest BCUT2D eigenvalue weighted by Gasteiger charge is -2.24. The van der Waals surface area contributed by atoms with Crippen LogP contribution in [0, 0.1) is 5.92 Å². The summed E-state index contributed by atoms with van der Waals surface area (Å²) < 4.78 is 4.94. The van der Waals surface area contributed by atoms with Crippen LogP contribution in [0.25, 0.3) is 0 Å². The summed E-state index contributed by atoms with van der Waals surface area (Å²) in [5.74, 6) is 0.763. The largest absolute Gasteiger partial charge is 0.467 e. The summed E-state index contributed by atoms with van der Waals surface area (Å²) in [6.07, 6.45) is 9.14. The maximum atomic E-state index is 12.1. The van der Waals surface area contributed by atoms with E-state index in [1.807, 2.05) is 0 Å². The van der Waals surface area contributed by atoms with E-state index < -0.39 is 0 Å². The highest BCUT2D eigenvalue weighted by molar-refractivity contribution is 5.79. The van der Waals surface area contributed by atoms with Gasteiger partial charge in [0.25, 0.3) is 0 Å². The lowest BCUT2D eigenvalue weighted by molar-refractivity contribution is -0.129. The van der Waals surface area contributed by atoms with Gasteiger partial charge in [0.15, 0.2) is 0 Å². The molecule has 1 aromatic rings. The van der Waals surface area contributed by atoms with Gasteiger partial charge >= 0.3 is 6.01 Å². The van der Waals surface area contributed by atoms with E-state index >= 15 is 0 Å². The van der Waals surface area contributed by atoms with E-state index in [9.17, 15) is 4.79 Å². The average molecular weight is 304 g/mol. The molecule has 1 amide bonds. The Kier molecular flexibility index (Phi) is 4.87. The van der Waals surface area contributed by atoms with Crippen molar-refractivity contribution in [3.63, 3.8) is 0 Å². The molecule has 0 spiro atoms. The number of nitrogens with one attached hydrogen (secondary N) is 1. The van der Waals surface area contributed by atoms with Gasteiger partial charge in [0.1, 0.15) is 0 Å². The highest BCUT2D eigenvalue weighted by atomic mass is 16.5. The number of methoxy groups -OCH3 is 1. The highest BCUT2D eigenvalue weighted by Crippen LogP contribution is 2.29. The van der Waals surface area contributed by atoms with Gasteiger partial charge in [0.05, 0.1) is 7.11 Å². The molecule has 1 saturated heterocycles. The van der Waals surface area contributed by atoms with Gasteiger partial charge in [-0.1, -0.05) is 12.8 Å². The molecular weight excluding hydrogens is 280 g/mol. The molecule has 6 nitrogen and oxygen atoms in total. The van der Waals surface area contributed by atoms with Crippen molar-refractivity contribution in [2.45, 2.75) is 44.7 Å². The summed E-state index contributed by atoms with van der Waals surface area (Å²) in [4.78, 5) is 22.4. The summed E-state index contributed by atoms with van der Waals surface area (Å²) in [5.41, 5.74) is 1.03. The maximum Gasteiger partial charge on any atom is 0.316 e. The topological polar surface area (TPSA) is 67.3 Å². The minimum Gasteiger partial charge on any atom is -0.467 e. The van der Waals surface area contributed by atoms with Crippen LogP contribution in [0.5, 0.6) is 6.01 Å². The van der Waals surface area contributed by atoms with Crippen LogP contribution in [0.2, 0.25) is 0 Å². The number of aromatic nitrogens is 2. The van der Waals surface area contributed by atoms with Gasteiger partial charge in [-0.2, -0.15) is 0 Å². The first-order valence-corrected chi connectivity index (χ1v) is 8.11. The molecule has 3 rings (SSSR count). The van der Waals surface area contributed by atoms with Crippen LogP contribution in [0.4, 0.5) is 0 Å². The Morgan fingerprint density at radius 2 is 2.05 bits per heavy atom. The van der Waals surface area contributed by atoms with Crippen molar-refractivity contribution in [2.24, 2.45) is 5.92 Å². The Bertz CT molecular complexity index is 499. The predicted molar refractivity (Wildman–Crippen MR) is 82.4 cm³/mol. The molecule has 1 atom stereocenters. The number of hydrogen-bond acceptors (Lipinski definition) is 5. The number of nitrogens with zero attached hydrogens (tertiary/aromatic N) is 3. The first kappa shape index (κ1) is 15.2. The van der Waals surface area contributed by atoms with Crippen LogP contribution in [0.3, 0.4) is 0 Å². The summed E-state index contributed by atoms with van der Waals surface area (Å²) in [5, 5.41) is 3.41. The van der Waals surface area contributed by atoms with Gasteiger partial charge in [-0.25, -0.2) is 9.97 Å². The quantitative estimate of drug-likeness (QED) is 0.859. The Balaban J connectivity index is 1.43. The van der Waals surface area contributed by atoms with Crippen molar-refractivity contribution < 1.29 is 9.53 Å². The Morgan fingerprint density at radius 1 is 1.32 bits per heavy atom. The molecule has 120 valence electrons. The second kappa shape index (κ2) is 7.05. The van der Waals surface area contributed by atoms with Gasteiger partial charge in [-0.05, 0) is 18.8 Å². The Labute approximate surface area is 131 Å². The molecule has 6 heteroatoms.